The summed E-state index contributed by atoms with van der Waals surface area (Å²) in [4.78, 5) is 14.3. The van der Waals surface area contributed by atoms with Crippen LogP contribution in [0.1, 0.15) is 22.0 Å². The number of hydrogen-bond acceptors (Lipinski definition) is 4. The summed E-state index contributed by atoms with van der Waals surface area (Å²) >= 11 is 0. The van der Waals surface area contributed by atoms with Crippen molar-refractivity contribution in [2.45, 2.75) is 20.0 Å². The number of rotatable bonds is 2. The van der Waals surface area contributed by atoms with Crippen molar-refractivity contribution >= 4 is 5.91 Å². The van der Waals surface area contributed by atoms with Crippen LogP contribution in [0.5, 0.6) is 0 Å². The van der Waals surface area contributed by atoms with E-state index in [1.807, 2.05) is 11.5 Å². The molecule has 0 radical (unpaired) electrons. The summed E-state index contributed by atoms with van der Waals surface area (Å²) < 4.78 is 17.7. The first-order valence-corrected chi connectivity index (χ1v) is 7.61. The molecule has 0 fully saturated rings. The number of benzene rings is 1. The zero-order chi connectivity index (χ0) is 16.7. The van der Waals surface area contributed by atoms with E-state index in [-0.39, 0.29) is 5.91 Å². The SMILES string of the molecule is Cc1nnc2n1CCN(C(=O)c1ccc(-n3cccn3)c(F)c1)C2. The standard InChI is InChI=1S/C16H15FN6O/c1-11-19-20-15-10-21(7-8-22(11)15)16(24)12-3-4-14(13(17)9-12)23-6-2-5-18-23/h2-6,9H,7-8,10H2,1H3. The molecule has 0 unspecified atom stereocenters. The van der Waals surface area contributed by atoms with Gasteiger partial charge in [-0.2, -0.15) is 5.10 Å². The second-order valence-electron chi connectivity index (χ2n) is 5.66. The maximum atomic E-state index is 14.3. The van der Waals surface area contributed by atoms with Crippen LogP contribution in [0.3, 0.4) is 0 Å². The highest BCUT2D eigenvalue weighted by atomic mass is 19.1. The minimum absolute atomic E-state index is 0.215. The lowest BCUT2D eigenvalue weighted by atomic mass is 10.1. The van der Waals surface area contributed by atoms with Crippen molar-refractivity contribution in [1.29, 1.82) is 0 Å². The highest BCUT2D eigenvalue weighted by Crippen LogP contribution is 2.18. The average Bonchev–Trinajstić information content (AvgIpc) is 3.24. The molecule has 0 N–H and O–H groups in total. The van der Waals surface area contributed by atoms with Gasteiger partial charge in [-0.1, -0.05) is 0 Å². The van der Waals surface area contributed by atoms with E-state index in [9.17, 15) is 9.18 Å². The van der Waals surface area contributed by atoms with Gasteiger partial charge in [-0.05, 0) is 31.2 Å². The van der Waals surface area contributed by atoms with Crippen molar-refractivity contribution in [3.05, 3.63) is 59.7 Å². The molecule has 1 aromatic carbocycles. The first-order chi connectivity index (χ1) is 11.6. The number of carbonyl (C=O) groups is 1. The lowest BCUT2D eigenvalue weighted by Crippen LogP contribution is -2.38. The highest BCUT2D eigenvalue weighted by Gasteiger charge is 2.24. The molecule has 1 aliphatic heterocycles. The van der Waals surface area contributed by atoms with E-state index in [0.717, 1.165) is 11.6 Å². The molecule has 122 valence electrons. The molecule has 1 aliphatic rings. The normalized spacial score (nSPS) is 13.8. The quantitative estimate of drug-likeness (QED) is 0.717. The van der Waals surface area contributed by atoms with E-state index in [4.69, 9.17) is 0 Å². The van der Waals surface area contributed by atoms with Crippen LogP contribution in [0.2, 0.25) is 0 Å². The molecule has 24 heavy (non-hydrogen) atoms. The molecule has 0 saturated carbocycles. The lowest BCUT2D eigenvalue weighted by Gasteiger charge is -2.27. The van der Waals surface area contributed by atoms with Gasteiger partial charge in [0.25, 0.3) is 5.91 Å². The van der Waals surface area contributed by atoms with Crippen molar-refractivity contribution < 1.29 is 9.18 Å². The summed E-state index contributed by atoms with van der Waals surface area (Å²) in [5.74, 6) is 0.890. The molecular weight excluding hydrogens is 311 g/mol. The van der Waals surface area contributed by atoms with Gasteiger partial charge in [0.1, 0.15) is 17.3 Å². The summed E-state index contributed by atoms with van der Waals surface area (Å²) in [5, 5.41) is 12.1. The van der Waals surface area contributed by atoms with Gasteiger partial charge in [0.05, 0.1) is 6.54 Å². The first-order valence-electron chi connectivity index (χ1n) is 7.61. The van der Waals surface area contributed by atoms with E-state index < -0.39 is 5.82 Å². The number of hydrogen-bond donors (Lipinski definition) is 0. The first kappa shape index (κ1) is 14.6. The topological polar surface area (TPSA) is 68.8 Å². The molecule has 0 saturated heterocycles. The molecule has 7 nitrogen and oxygen atoms in total. The number of fused-ring (bicyclic) bond motifs is 1. The number of amides is 1. The highest BCUT2D eigenvalue weighted by molar-refractivity contribution is 5.94. The van der Waals surface area contributed by atoms with Gasteiger partial charge < -0.3 is 9.47 Å². The molecule has 4 rings (SSSR count). The third-order valence-electron chi connectivity index (χ3n) is 4.17. The molecule has 0 spiro atoms. The van der Waals surface area contributed by atoms with Crippen LogP contribution < -0.4 is 0 Å². The predicted octanol–water partition coefficient (Wildman–Crippen LogP) is 1.57. The predicted molar refractivity (Wildman–Crippen MR) is 83.0 cm³/mol. The van der Waals surface area contributed by atoms with Gasteiger partial charge in [-0.25, -0.2) is 9.07 Å². The Bertz CT molecular complexity index is 901. The molecule has 3 heterocycles. The average molecular weight is 326 g/mol. The third kappa shape index (κ3) is 2.36. The van der Waals surface area contributed by atoms with E-state index in [0.29, 0.717) is 30.9 Å². The van der Waals surface area contributed by atoms with Crippen LogP contribution in [-0.2, 0) is 13.1 Å². The van der Waals surface area contributed by atoms with Crippen LogP contribution >= 0.6 is 0 Å². The van der Waals surface area contributed by atoms with Crippen LogP contribution in [0.4, 0.5) is 4.39 Å². The van der Waals surface area contributed by atoms with Gasteiger partial charge in [-0.3, -0.25) is 4.79 Å². The number of halogens is 1. The van der Waals surface area contributed by atoms with Crippen LogP contribution in [-0.4, -0.2) is 41.9 Å². The van der Waals surface area contributed by atoms with Gasteiger partial charge in [-0.15, -0.1) is 10.2 Å². The summed E-state index contributed by atoms with van der Waals surface area (Å²) in [6.45, 7) is 3.46. The molecule has 0 atom stereocenters. The van der Waals surface area contributed by atoms with Crippen molar-refractivity contribution in [3.63, 3.8) is 0 Å². The maximum Gasteiger partial charge on any atom is 0.254 e. The molecule has 1 amide bonds. The fraction of sp³-hybridized carbons (Fsp3) is 0.250. The van der Waals surface area contributed by atoms with Crippen LogP contribution in [0.25, 0.3) is 5.69 Å². The lowest BCUT2D eigenvalue weighted by molar-refractivity contribution is 0.0706. The third-order valence-corrected chi connectivity index (χ3v) is 4.17. The van der Waals surface area contributed by atoms with Gasteiger partial charge >= 0.3 is 0 Å². The zero-order valence-electron chi connectivity index (χ0n) is 13.1. The summed E-state index contributed by atoms with van der Waals surface area (Å²) in [6.07, 6.45) is 3.23. The largest absolute Gasteiger partial charge is 0.329 e. The molecule has 0 bridgehead atoms. The molecular formula is C16H15FN6O. The van der Waals surface area contributed by atoms with E-state index in [1.165, 1.54) is 10.7 Å². The van der Waals surface area contributed by atoms with Crippen LogP contribution in [0, 0.1) is 12.7 Å². The van der Waals surface area contributed by atoms with Gasteiger partial charge in [0.15, 0.2) is 5.82 Å². The number of nitrogens with zero attached hydrogens (tertiary/aromatic N) is 6. The Morgan fingerprint density at radius 1 is 1.25 bits per heavy atom. The second-order valence-corrected chi connectivity index (χ2v) is 5.66. The molecule has 0 aliphatic carbocycles. The minimum Gasteiger partial charge on any atom is -0.329 e. The molecule has 2 aromatic heterocycles. The number of carbonyl (C=O) groups excluding carboxylic acids is 1. The Balaban J connectivity index is 1.58. The smallest absolute Gasteiger partial charge is 0.254 e. The van der Waals surface area contributed by atoms with Crippen molar-refractivity contribution in [2.75, 3.05) is 6.54 Å². The van der Waals surface area contributed by atoms with E-state index >= 15 is 0 Å². The zero-order valence-corrected chi connectivity index (χ0v) is 13.1. The van der Waals surface area contributed by atoms with Gasteiger partial charge in [0, 0.05) is 31.0 Å². The monoisotopic (exact) mass is 326 g/mol. The number of aromatic nitrogens is 5. The van der Waals surface area contributed by atoms with Crippen molar-refractivity contribution in [1.82, 2.24) is 29.4 Å². The van der Waals surface area contributed by atoms with E-state index in [1.54, 1.807) is 35.5 Å². The van der Waals surface area contributed by atoms with E-state index in [2.05, 4.69) is 15.3 Å². The molecule has 8 heteroatoms. The molecule has 3 aromatic rings. The van der Waals surface area contributed by atoms with Crippen molar-refractivity contribution in [2.24, 2.45) is 0 Å². The van der Waals surface area contributed by atoms with Crippen LogP contribution in [0.15, 0.2) is 36.7 Å². The number of aryl methyl sites for hydroxylation is 1. The summed E-state index contributed by atoms with van der Waals surface area (Å²) in [7, 11) is 0. The summed E-state index contributed by atoms with van der Waals surface area (Å²) in [6, 6.07) is 6.15. The maximum absolute atomic E-state index is 14.3. The Morgan fingerprint density at radius 3 is 2.88 bits per heavy atom. The Labute approximate surface area is 137 Å². The summed E-state index contributed by atoms with van der Waals surface area (Å²) in [5.41, 5.74) is 0.624. The minimum atomic E-state index is -0.486. The Hall–Kier alpha value is -3.03. The van der Waals surface area contributed by atoms with Gasteiger partial charge in [0.2, 0.25) is 0 Å². The Morgan fingerprint density at radius 2 is 2.12 bits per heavy atom. The van der Waals surface area contributed by atoms with Crippen molar-refractivity contribution in [3.8, 4) is 5.69 Å². The fourth-order valence-electron chi connectivity index (χ4n) is 2.90. The fourth-order valence-corrected chi connectivity index (χ4v) is 2.90. The second kappa shape index (κ2) is 5.55. The Kier molecular flexibility index (Phi) is 3.37.